The minimum Gasteiger partial charge on any atom is -0.408 e. The number of hydrogen-bond acceptors (Lipinski definition) is 6. The molecule has 0 aliphatic carbocycles. The monoisotopic (exact) mass is 439 g/mol. The van der Waals surface area contributed by atoms with E-state index in [1.165, 1.54) is 55.1 Å². The highest BCUT2D eigenvalue weighted by molar-refractivity contribution is 7.92. The van der Waals surface area contributed by atoms with Gasteiger partial charge in [-0.05, 0) is 43.7 Å². The third kappa shape index (κ3) is 3.80. The molecule has 9 nitrogen and oxygen atoms in total. The van der Waals surface area contributed by atoms with Gasteiger partial charge < -0.3 is 4.42 Å². The predicted molar refractivity (Wildman–Crippen MR) is 109 cm³/mol. The van der Waals surface area contributed by atoms with Gasteiger partial charge in [0.15, 0.2) is 5.58 Å². The molecule has 3 rings (SSSR count). The van der Waals surface area contributed by atoms with Crippen LogP contribution in [0.25, 0.3) is 11.1 Å². The molecule has 3 aromatic rings. The fourth-order valence-corrected chi connectivity index (χ4v) is 4.86. The number of anilines is 1. The van der Waals surface area contributed by atoms with Crippen LogP contribution in [0.3, 0.4) is 0 Å². The topological polar surface area (TPSA) is 119 Å². The Morgan fingerprint density at radius 1 is 1.03 bits per heavy atom. The number of sulfonamides is 2. The molecule has 0 fully saturated rings. The summed E-state index contributed by atoms with van der Waals surface area (Å²) in [6, 6.07) is 8.34. The van der Waals surface area contributed by atoms with Crippen LogP contribution in [0.1, 0.15) is 12.5 Å². The lowest BCUT2D eigenvalue weighted by Crippen LogP contribution is -2.22. The second-order valence-electron chi connectivity index (χ2n) is 6.61. The van der Waals surface area contributed by atoms with E-state index in [2.05, 4.69) is 4.72 Å². The van der Waals surface area contributed by atoms with E-state index in [1.54, 1.807) is 13.8 Å². The van der Waals surface area contributed by atoms with Crippen molar-refractivity contribution in [3.8, 4) is 0 Å². The van der Waals surface area contributed by atoms with Crippen molar-refractivity contribution in [2.75, 3.05) is 18.8 Å². The maximum Gasteiger partial charge on any atom is 0.419 e. The lowest BCUT2D eigenvalue weighted by Gasteiger charge is -2.15. The number of oxazole rings is 1. The standard InChI is InChI=1S/C18H21N3O6S2/c1-5-21-16-9-8-13(11-17(16)27-18(21)22)28(23,24)19-15-10-14(7-6-12(15)2)29(25,26)20(3)4/h6-11,19H,5H2,1-4H3. The molecule has 0 aliphatic heterocycles. The number of nitrogens with one attached hydrogen (secondary N) is 1. The summed E-state index contributed by atoms with van der Waals surface area (Å²) < 4.78 is 60.4. The molecule has 0 bridgehead atoms. The zero-order valence-corrected chi connectivity index (χ0v) is 18.0. The number of hydrogen-bond donors (Lipinski definition) is 1. The van der Waals surface area contributed by atoms with Gasteiger partial charge in [-0.2, -0.15) is 0 Å². The third-order valence-corrected chi connectivity index (χ3v) is 7.67. The maximum atomic E-state index is 12.9. The molecule has 0 radical (unpaired) electrons. The summed E-state index contributed by atoms with van der Waals surface area (Å²) in [6.45, 7) is 3.83. The van der Waals surface area contributed by atoms with Crippen molar-refractivity contribution in [2.45, 2.75) is 30.2 Å². The zero-order valence-electron chi connectivity index (χ0n) is 16.3. The summed E-state index contributed by atoms with van der Waals surface area (Å²) in [7, 11) is -4.99. The summed E-state index contributed by atoms with van der Waals surface area (Å²) >= 11 is 0. The SMILES string of the molecule is CCn1c(=O)oc2cc(S(=O)(=O)Nc3cc(S(=O)(=O)N(C)C)ccc3C)ccc21. The molecule has 0 amide bonds. The van der Waals surface area contributed by atoms with E-state index < -0.39 is 25.8 Å². The third-order valence-electron chi connectivity index (χ3n) is 4.50. The lowest BCUT2D eigenvalue weighted by atomic mass is 10.2. The number of aromatic nitrogens is 1. The van der Waals surface area contributed by atoms with Gasteiger partial charge in [0.05, 0.1) is 21.0 Å². The minimum absolute atomic E-state index is 0.0349. The molecule has 0 unspecified atom stereocenters. The lowest BCUT2D eigenvalue weighted by molar-refractivity contribution is 0.512. The molecule has 0 saturated carbocycles. The second kappa shape index (κ2) is 7.32. The zero-order chi connectivity index (χ0) is 21.6. The number of nitrogens with zero attached hydrogens (tertiary/aromatic N) is 2. The molecule has 156 valence electrons. The second-order valence-corrected chi connectivity index (χ2v) is 10.4. The molecular formula is C18H21N3O6S2. The molecule has 1 aromatic heterocycles. The van der Waals surface area contributed by atoms with Gasteiger partial charge >= 0.3 is 5.76 Å². The Morgan fingerprint density at radius 3 is 2.31 bits per heavy atom. The van der Waals surface area contributed by atoms with Crippen molar-refractivity contribution in [1.82, 2.24) is 8.87 Å². The van der Waals surface area contributed by atoms with Crippen molar-refractivity contribution in [3.63, 3.8) is 0 Å². The molecule has 29 heavy (non-hydrogen) atoms. The summed E-state index contributed by atoms with van der Waals surface area (Å²) in [5.74, 6) is -0.567. The summed E-state index contributed by atoms with van der Waals surface area (Å²) in [5, 5.41) is 0. The van der Waals surface area contributed by atoms with Crippen LogP contribution in [0.2, 0.25) is 0 Å². The Kier molecular flexibility index (Phi) is 5.32. The Labute approximate surface area is 168 Å². The maximum absolute atomic E-state index is 12.9. The van der Waals surface area contributed by atoms with Crippen molar-refractivity contribution < 1.29 is 21.3 Å². The first-order valence-electron chi connectivity index (χ1n) is 8.67. The van der Waals surface area contributed by atoms with E-state index in [-0.39, 0.29) is 21.1 Å². The van der Waals surface area contributed by atoms with Crippen LogP contribution in [0.15, 0.2) is 55.4 Å². The van der Waals surface area contributed by atoms with Gasteiger partial charge in [-0.15, -0.1) is 0 Å². The average molecular weight is 440 g/mol. The van der Waals surface area contributed by atoms with E-state index in [0.717, 1.165) is 4.31 Å². The Balaban J connectivity index is 2.04. The van der Waals surface area contributed by atoms with E-state index in [4.69, 9.17) is 4.42 Å². The first-order valence-corrected chi connectivity index (χ1v) is 11.6. The number of benzene rings is 2. The average Bonchev–Trinajstić information content (AvgIpc) is 2.97. The fraction of sp³-hybridized carbons (Fsp3) is 0.278. The van der Waals surface area contributed by atoms with Gasteiger partial charge in [0.25, 0.3) is 10.0 Å². The van der Waals surface area contributed by atoms with Crippen LogP contribution >= 0.6 is 0 Å². The quantitative estimate of drug-likeness (QED) is 0.627. The molecule has 11 heteroatoms. The van der Waals surface area contributed by atoms with Crippen LogP contribution in [-0.2, 0) is 26.6 Å². The Hall–Kier alpha value is -2.63. The van der Waals surface area contributed by atoms with Crippen molar-refractivity contribution >= 4 is 36.8 Å². The Bertz CT molecular complexity index is 1350. The highest BCUT2D eigenvalue weighted by Gasteiger charge is 2.22. The molecule has 1 N–H and O–H groups in total. The van der Waals surface area contributed by atoms with Gasteiger partial charge in [-0.3, -0.25) is 9.29 Å². The van der Waals surface area contributed by atoms with Gasteiger partial charge in [0, 0.05) is 26.7 Å². The first-order chi connectivity index (χ1) is 13.5. The van der Waals surface area contributed by atoms with Gasteiger partial charge in [-0.1, -0.05) is 6.07 Å². The predicted octanol–water partition coefficient (Wildman–Crippen LogP) is 1.97. The van der Waals surface area contributed by atoms with Crippen LogP contribution in [0.5, 0.6) is 0 Å². The van der Waals surface area contributed by atoms with Crippen LogP contribution in [0, 0.1) is 6.92 Å². The van der Waals surface area contributed by atoms with E-state index in [1.807, 2.05) is 0 Å². The molecule has 1 heterocycles. The summed E-state index contributed by atoms with van der Waals surface area (Å²) in [6.07, 6.45) is 0. The highest BCUT2D eigenvalue weighted by atomic mass is 32.2. The van der Waals surface area contributed by atoms with Crippen molar-refractivity contribution in [3.05, 3.63) is 52.5 Å². The highest BCUT2D eigenvalue weighted by Crippen LogP contribution is 2.26. The smallest absolute Gasteiger partial charge is 0.408 e. The van der Waals surface area contributed by atoms with Crippen molar-refractivity contribution in [1.29, 1.82) is 0 Å². The van der Waals surface area contributed by atoms with Crippen LogP contribution in [-0.4, -0.2) is 39.8 Å². The van der Waals surface area contributed by atoms with E-state index in [9.17, 15) is 21.6 Å². The first kappa shape index (κ1) is 21.1. The molecule has 0 atom stereocenters. The molecule has 0 saturated heterocycles. The van der Waals surface area contributed by atoms with Gasteiger partial charge in [0.1, 0.15) is 0 Å². The number of aryl methyl sites for hydroxylation is 2. The summed E-state index contributed by atoms with van der Waals surface area (Å²) in [4.78, 5) is 11.7. The summed E-state index contributed by atoms with van der Waals surface area (Å²) in [5.41, 5.74) is 1.34. The van der Waals surface area contributed by atoms with Gasteiger partial charge in [-0.25, -0.2) is 25.9 Å². The molecule has 0 aliphatic rings. The molecule has 2 aromatic carbocycles. The van der Waals surface area contributed by atoms with Crippen LogP contribution in [0.4, 0.5) is 5.69 Å². The largest absolute Gasteiger partial charge is 0.419 e. The van der Waals surface area contributed by atoms with Crippen LogP contribution < -0.4 is 10.5 Å². The van der Waals surface area contributed by atoms with Gasteiger partial charge in [0.2, 0.25) is 10.0 Å². The fourth-order valence-electron chi connectivity index (χ4n) is 2.80. The van der Waals surface area contributed by atoms with E-state index in [0.29, 0.717) is 17.6 Å². The van der Waals surface area contributed by atoms with E-state index >= 15 is 0 Å². The van der Waals surface area contributed by atoms with Crippen molar-refractivity contribution in [2.24, 2.45) is 0 Å². The normalized spacial score (nSPS) is 12.6. The molecule has 0 spiro atoms. The Morgan fingerprint density at radius 2 is 1.69 bits per heavy atom. The number of rotatable bonds is 6. The minimum atomic E-state index is -4.05. The number of fused-ring (bicyclic) bond motifs is 1. The molecular weight excluding hydrogens is 418 g/mol.